The monoisotopic (exact) mass is 252 g/mol. The van der Waals surface area contributed by atoms with E-state index in [2.05, 4.69) is 34.4 Å². The van der Waals surface area contributed by atoms with Gasteiger partial charge in [0.1, 0.15) is 17.5 Å². The molecule has 1 fully saturated rings. The molecule has 0 radical (unpaired) electrons. The third-order valence-corrected chi connectivity index (χ3v) is 3.96. The van der Waals surface area contributed by atoms with Crippen molar-refractivity contribution in [3.63, 3.8) is 0 Å². The molecule has 0 aliphatic carbocycles. The van der Waals surface area contributed by atoms with Gasteiger partial charge in [-0.05, 0) is 12.2 Å². The molecule has 4 nitrogen and oxygen atoms in total. The summed E-state index contributed by atoms with van der Waals surface area (Å²) in [5.74, 6) is 5.50. The molecule has 1 aliphatic heterocycles. The van der Waals surface area contributed by atoms with Crippen LogP contribution in [0.3, 0.4) is 0 Å². The first-order chi connectivity index (χ1) is 8.19. The highest BCUT2D eigenvalue weighted by atomic mass is 32.2. The SMILES string of the molecule is CNc1cc(NC2CCSC2)nc(C(C)C)n1. The number of hydrogen-bond acceptors (Lipinski definition) is 5. The van der Waals surface area contributed by atoms with E-state index in [1.54, 1.807) is 0 Å². The number of hydrogen-bond donors (Lipinski definition) is 2. The average Bonchev–Trinajstić information content (AvgIpc) is 2.81. The summed E-state index contributed by atoms with van der Waals surface area (Å²) in [6.07, 6.45) is 1.22. The number of rotatable bonds is 4. The van der Waals surface area contributed by atoms with Crippen LogP contribution in [0.15, 0.2) is 6.07 Å². The number of nitrogens with one attached hydrogen (secondary N) is 2. The lowest BCUT2D eigenvalue weighted by molar-refractivity contribution is 0.762. The van der Waals surface area contributed by atoms with E-state index in [0.717, 1.165) is 17.5 Å². The smallest absolute Gasteiger partial charge is 0.135 e. The van der Waals surface area contributed by atoms with Crippen molar-refractivity contribution in [2.75, 3.05) is 29.2 Å². The zero-order chi connectivity index (χ0) is 12.3. The molecule has 2 N–H and O–H groups in total. The fraction of sp³-hybridized carbons (Fsp3) is 0.667. The summed E-state index contributed by atoms with van der Waals surface area (Å²) in [6.45, 7) is 4.23. The Morgan fingerprint density at radius 2 is 2.12 bits per heavy atom. The molecule has 0 amide bonds. The first-order valence-electron chi connectivity index (χ1n) is 6.10. The van der Waals surface area contributed by atoms with E-state index < -0.39 is 0 Å². The molecule has 0 spiro atoms. The van der Waals surface area contributed by atoms with Gasteiger partial charge in [0.15, 0.2) is 0 Å². The van der Waals surface area contributed by atoms with Gasteiger partial charge < -0.3 is 10.6 Å². The Hall–Kier alpha value is -0.970. The Bertz CT molecular complexity index is 375. The second-order valence-corrected chi connectivity index (χ2v) is 5.76. The highest BCUT2D eigenvalue weighted by molar-refractivity contribution is 7.99. The Labute approximate surface area is 107 Å². The first-order valence-corrected chi connectivity index (χ1v) is 7.25. The van der Waals surface area contributed by atoms with Gasteiger partial charge in [0.05, 0.1) is 0 Å². The molecule has 17 heavy (non-hydrogen) atoms. The fourth-order valence-electron chi connectivity index (χ4n) is 1.78. The largest absolute Gasteiger partial charge is 0.373 e. The molecule has 2 rings (SSSR count). The second-order valence-electron chi connectivity index (χ2n) is 4.61. The van der Waals surface area contributed by atoms with Crippen LogP contribution in [0.2, 0.25) is 0 Å². The topological polar surface area (TPSA) is 49.8 Å². The highest BCUT2D eigenvalue weighted by Gasteiger charge is 2.16. The van der Waals surface area contributed by atoms with Crippen LogP contribution < -0.4 is 10.6 Å². The molecule has 0 aromatic carbocycles. The van der Waals surface area contributed by atoms with Crippen LogP contribution in [-0.2, 0) is 0 Å². The summed E-state index contributed by atoms with van der Waals surface area (Å²) >= 11 is 2.00. The molecule has 1 aromatic heterocycles. The molecule has 1 aromatic rings. The highest BCUT2D eigenvalue weighted by Crippen LogP contribution is 2.22. The normalized spacial score (nSPS) is 19.6. The van der Waals surface area contributed by atoms with Crippen molar-refractivity contribution in [3.8, 4) is 0 Å². The van der Waals surface area contributed by atoms with E-state index in [4.69, 9.17) is 0 Å². The standard InChI is InChI=1S/C12H20N4S/c1-8(2)12-15-10(13-3)6-11(16-12)14-9-4-5-17-7-9/h6,8-9H,4-5,7H2,1-3H3,(H2,13,14,15,16). The predicted octanol–water partition coefficient (Wildman–Crippen LogP) is 2.56. The van der Waals surface area contributed by atoms with Gasteiger partial charge in [0.25, 0.3) is 0 Å². The maximum atomic E-state index is 4.57. The summed E-state index contributed by atoms with van der Waals surface area (Å²) in [7, 11) is 1.89. The third kappa shape index (κ3) is 3.25. The molecular formula is C12H20N4S. The summed E-state index contributed by atoms with van der Waals surface area (Å²) in [4.78, 5) is 9.03. The van der Waals surface area contributed by atoms with Gasteiger partial charge in [-0.2, -0.15) is 11.8 Å². The average molecular weight is 252 g/mol. The fourth-order valence-corrected chi connectivity index (χ4v) is 2.94. The van der Waals surface area contributed by atoms with Crippen LogP contribution in [0.4, 0.5) is 11.6 Å². The van der Waals surface area contributed by atoms with Gasteiger partial charge in [-0.3, -0.25) is 0 Å². The van der Waals surface area contributed by atoms with Crippen LogP contribution in [0.1, 0.15) is 32.0 Å². The molecule has 1 aliphatic rings. The van der Waals surface area contributed by atoms with Crippen molar-refractivity contribution in [3.05, 3.63) is 11.9 Å². The van der Waals surface area contributed by atoms with Crippen LogP contribution in [-0.4, -0.2) is 34.6 Å². The molecule has 2 heterocycles. The van der Waals surface area contributed by atoms with Crippen molar-refractivity contribution >= 4 is 23.4 Å². The zero-order valence-electron chi connectivity index (χ0n) is 10.7. The quantitative estimate of drug-likeness (QED) is 0.862. The van der Waals surface area contributed by atoms with Gasteiger partial charge in [0, 0.05) is 30.8 Å². The zero-order valence-corrected chi connectivity index (χ0v) is 11.5. The lowest BCUT2D eigenvalue weighted by Crippen LogP contribution is -2.19. The van der Waals surface area contributed by atoms with Crippen molar-refractivity contribution in [2.24, 2.45) is 0 Å². The minimum atomic E-state index is 0.349. The summed E-state index contributed by atoms with van der Waals surface area (Å²) in [5.41, 5.74) is 0. The molecule has 1 saturated heterocycles. The lowest BCUT2D eigenvalue weighted by Gasteiger charge is -2.15. The number of aromatic nitrogens is 2. The molecule has 0 bridgehead atoms. The predicted molar refractivity (Wildman–Crippen MR) is 75.0 cm³/mol. The Morgan fingerprint density at radius 3 is 2.71 bits per heavy atom. The van der Waals surface area contributed by atoms with Crippen LogP contribution >= 0.6 is 11.8 Å². The molecule has 0 saturated carbocycles. The van der Waals surface area contributed by atoms with Crippen LogP contribution in [0, 0.1) is 0 Å². The second kappa shape index (κ2) is 5.58. The minimum absolute atomic E-state index is 0.349. The van der Waals surface area contributed by atoms with E-state index >= 15 is 0 Å². The summed E-state index contributed by atoms with van der Waals surface area (Å²) in [5, 5.41) is 6.59. The maximum absolute atomic E-state index is 4.57. The van der Waals surface area contributed by atoms with E-state index in [1.165, 1.54) is 17.9 Å². The maximum Gasteiger partial charge on any atom is 0.135 e. The van der Waals surface area contributed by atoms with Gasteiger partial charge in [-0.15, -0.1) is 0 Å². The molecule has 94 valence electrons. The number of nitrogens with zero attached hydrogens (tertiary/aromatic N) is 2. The molecular weight excluding hydrogens is 232 g/mol. The molecule has 1 atom stereocenters. The van der Waals surface area contributed by atoms with E-state index in [0.29, 0.717) is 12.0 Å². The van der Waals surface area contributed by atoms with Crippen molar-refractivity contribution in [2.45, 2.75) is 32.2 Å². The van der Waals surface area contributed by atoms with Crippen LogP contribution in [0.5, 0.6) is 0 Å². The number of anilines is 2. The Kier molecular flexibility index (Phi) is 4.10. The minimum Gasteiger partial charge on any atom is -0.373 e. The van der Waals surface area contributed by atoms with E-state index in [9.17, 15) is 0 Å². The Morgan fingerprint density at radius 1 is 1.35 bits per heavy atom. The van der Waals surface area contributed by atoms with Crippen molar-refractivity contribution in [1.82, 2.24) is 9.97 Å². The number of thioether (sulfide) groups is 1. The van der Waals surface area contributed by atoms with E-state index in [1.807, 2.05) is 24.9 Å². The van der Waals surface area contributed by atoms with Gasteiger partial charge in [-0.1, -0.05) is 13.8 Å². The molecule has 1 unspecified atom stereocenters. The van der Waals surface area contributed by atoms with Gasteiger partial charge in [0.2, 0.25) is 0 Å². The van der Waals surface area contributed by atoms with Gasteiger partial charge in [-0.25, -0.2) is 9.97 Å². The first kappa shape index (κ1) is 12.5. The third-order valence-electron chi connectivity index (χ3n) is 2.80. The lowest BCUT2D eigenvalue weighted by atomic mass is 10.2. The Balaban J connectivity index is 2.16. The summed E-state index contributed by atoms with van der Waals surface area (Å²) in [6, 6.07) is 2.54. The van der Waals surface area contributed by atoms with Gasteiger partial charge >= 0.3 is 0 Å². The summed E-state index contributed by atoms with van der Waals surface area (Å²) < 4.78 is 0. The van der Waals surface area contributed by atoms with E-state index in [-0.39, 0.29) is 0 Å². The molecule has 5 heteroatoms. The van der Waals surface area contributed by atoms with Crippen LogP contribution in [0.25, 0.3) is 0 Å². The van der Waals surface area contributed by atoms with Crippen molar-refractivity contribution < 1.29 is 0 Å². The van der Waals surface area contributed by atoms with Crippen molar-refractivity contribution in [1.29, 1.82) is 0 Å².